The number of rotatable bonds is 9. The lowest BCUT2D eigenvalue weighted by Crippen LogP contribution is -2.50. The molecular formula is C23H29BrN2O3. The fraction of sp³-hybridized carbons (Fsp3) is 0.391. The van der Waals surface area contributed by atoms with Crippen LogP contribution in [0.1, 0.15) is 38.3 Å². The summed E-state index contributed by atoms with van der Waals surface area (Å²) in [6, 6.07) is 14.7. The van der Waals surface area contributed by atoms with Crippen LogP contribution >= 0.6 is 15.9 Å². The molecule has 156 valence electrons. The van der Waals surface area contributed by atoms with Gasteiger partial charge in [-0.2, -0.15) is 0 Å². The van der Waals surface area contributed by atoms with Gasteiger partial charge in [0.1, 0.15) is 11.8 Å². The van der Waals surface area contributed by atoms with Gasteiger partial charge in [-0.1, -0.05) is 53.2 Å². The first-order chi connectivity index (χ1) is 13.8. The summed E-state index contributed by atoms with van der Waals surface area (Å²) in [5, 5.41) is 2.96. The second-order valence-corrected chi connectivity index (χ2v) is 8.06. The second kappa shape index (κ2) is 11.0. The molecule has 0 bridgehead atoms. The van der Waals surface area contributed by atoms with E-state index in [9.17, 15) is 9.59 Å². The van der Waals surface area contributed by atoms with E-state index in [0.717, 1.165) is 22.0 Å². The normalized spacial score (nSPS) is 12.7. The lowest BCUT2D eigenvalue weighted by Gasteiger charge is -2.29. The standard InChI is InChI=1S/C23H29BrN2O3/c1-5-17(3)25-23(28)18(4)26(14-19-9-7-6-8-10-19)22(27)15-29-20-11-12-21(24)16(2)13-20/h6-13,17-18H,5,14-15H2,1-4H3,(H,25,28). The molecule has 0 saturated heterocycles. The largest absolute Gasteiger partial charge is 0.484 e. The molecule has 0 radical (unpaired) electrons. The van der Waals surface area contributed by atoms with Crippen molar-refractivity contribution in [3.05, 3.63) is 64.1 Å². The summed E-state index contributed by atoms with van der Waals surface area (Å²) in [6.07, 6.45) is 0.830. The molecule has 6 heteroatoms. The summed E-state index contributed by atoms with van der Waals surface area (Å²) in [4.78, 5) is 27.2. The zero-order valence-corrected chi connectivity index (χ0v) is 19.0. The van der Waals surface area contributed by atoms with E-state index in [4.69, 9.17) is 4.74 Å². The smallest absolute Gasteiger partial charge is 0.261 e. The quantitative estimate of drug-likeness (QED) is 0.600. The minimum atomic E-state index is -0.605. The minimum Gasteiger partial charge on any atom is -0.484 e. The number of halogens is 1. The summed E-state index contributed by atoms with van der Waals surface area (Å²) in [7, 11) is 0. The van der Waals surface area contributed by atoms with E-state index in [1.807, 2.05) is 69.3 Å². The Bertz CT molecular complexity index is 826. The molecule has 2 aromatic rings. The monoisotopic (exact) mass is 460 g/mol. The molecule has 1 N–H and O–H groups in total. The number of aryl methyl sites for hydroxylation is 1. The topological polar surface area (TPSA) is 58.6 Å². The van der Waals surface area contributed by atoms with Gasteiger partial charge in [-0.15, -0.1) is 0 Å². The molecule has 0 aromatic heterocycles. The summed E-state index contributed by atoms with van der Waals surface area (Å²) >= 11 is 3.45. The van der Waals surface area contributed by atoms with Crippen LogP contribution in [0.25, 0.3) is 0 Å². The van der Waals surface area contributed by atoms with Crippen molar-refractivity contribution in [2.24, 2.45) is 0 Å². The number of nitrogens with zero attached hydrogens (tertiary/aromatic N) is 1. The third kappa shape index (κ3) is 6.89. The molecule has 0 heterocycles. The van der Waals surface area contributed by atoms with E-state index in [2.05, 4.69) is 21.2 Å². The first-order valence-corrected chi connectivity index (χ1v) is 10.6. The molecule has 0 fully saturated rings. The van der Waals surface area contributed by atoms with Crippen molar-refractivity contribution in [1.29, 1.82) is 0 Å². The Balaban J connectivity index is 2.12. The molecule has 2 rings (SSSR count). The first-order valence-electron chi connectivity index (χ1n) is 9.84. The third-order valence-corrected chi connectivity index (χ3v) is 5.75. The Morgan fingerprint density at radius 2 is 1.83 bits per heavy atom. The van der Waals surface area contributed by atoms with Gasteiger partial charge in [0.2, 0.25) is 5.91 Å². The molecule has 0 aliphatic carbocycles. The van der Waals surface area contributed by atoms with Gasteiger partial charge in [-0.3, -0.25) is 9.59 Å². The second-order valence-electron chi connectivity index (χ2n) is 7.20. The van der Waals surface area contributed by atoms with Crippen molar-refractivity contribution >= 4 is 27.7 Å². The predicted molar refractivity (Wildman–Crippen MR) is 119 cm³/mol. The van der Waals surface area contributed by atoms with Gasteiger partial charge in [0.25, 0.3) is 5.91 Å². The molecular weight excluding hydrogens is 432 g/mol. The van der Waals surface area contributed by atoms with E-state index in [0.29, 0.717) is 12.3 Å². The number of hydrogen-bond acceptors (Lipinski definition) is 3. The number of carbonyl (C=O) groups is 2. The van der Waals surface area contributed by atoms with Gasteiger partial charge >= 0.3 is 0 Å². The number of amides is 2. The average Bonchev–Trinajstić information content (AvgIpc) is 2.72. The average molecular weight is 461 g/mol. The maximum Gasteiger partial charge on any atom is 0.261 e. The zero-order valence-electron chi connectivity index (χ0n) is 17.4. The van der Waals surface area contributed by atoms with Gasteiger partial charge in [0.05, 0.1) is 0 Å². The summed E-state index contributed by atoms with van der Waals surface area (Å²) in [6.45, 7) is 7.89. The fourth-order valence-corrected chi connectivity index (χ4v) is 3.01. The Labute approximate surface area is 181 Å². The molecule has 2 atom stereocenters. The van der Waals surface area contributed by atoms with Crippen LogP contribution in [-0.4, -0.2) is 35.4 Å². The molecule has 2 unspecified atom stereocenters. The molecule has 2 amide bonds. The van der Waals surface area contributed by atoms with Gasteiger partial charge in [0, 0.05) is 17.1 Å². The Morgan fingerprint density at radius 1 is 1.14 bits per heavy atom. The van der Waals surface area contributed by atoms with Crippen molar-refractivity contribution in [3.8, 4) is 5.75 Å². The Hall–Kier alpha value is -2.34. The van der Waals surface area contributed by atoms with Crippen molar-refractivity contribution in [2.75, 3.05) is 6.61 Å². The first kappa shape index (κ1) is 22.9. The van der Waals surface area contributed by atoms with Crippen LogP contribution in [0.2, 0.25) is 0 Å². The van der Waals surface area contributed by atoms with E-state index >= 15 is 0 Å². The number of hydrogen-bond donors (Lipinski definition) is 1. The van der Waals surface area contributed by atoms with Gasteiger partial charge < -0.3 is 15.0 Å². The van der Waals surface area contributed by atoms with E-state index in [-0.39, 0.29) is 24.5 Å². The Kier molecular flexibility index (Phi) is 8.70. The SMILES string of the molecule is CCC(C)NC(=O)C(C)N(Cc1ccccc1)C(=O)COc1ccc(Br)c(C)c1. The zero-order chi connectivity index (χ0) is 21.4. The lowest BCUT2D eigenvalue weighted by atomic mass is 10.1. The predicted octanol–water partition coefficient (Wildman–Crippen LogP) is 4.47. The van der Waals surface area contributed by atoms with Crippen molar-refractivity contribution < 1.29 is 14.3 Å². The van der Waals surface area contributed by atoms with Gasteiger partial charge in [0.15, 0.2) is 6.61 Å². The lowest BCUT2D eigenvalue weighted by molar-refractivity contribution is -0.142. The van der Waals surface area contributed by atoms with Crippen molar-refractivity contribution in [3.63, 3.8) is 0 Å². The van der Waals surface area contributed by atoms with Crippen molar-refractivity contribution in [1.82, 2.24) is 10.2 Å². The van der Waals surface area contributed by atoms with E-state index in [1.54, 1.807) is 11.8 Å². The van der Waals surface area contributed by atoms with E-state index < -0.39 is 6.04 Å². The summed E-state index contributed by atoms with van der Waals surface area (Å²) < 4.78 is 6.69. The molecule has 2 aromatic carbocycles. The number of nitrogens with one attached hydrogen (secondary N) is 1. The molecule has 0 spiro atoms. The molecule has 0 aliphatic rings. The van der Waals surface area contributed by atoms with E-state index in [1.165, 1.54) is 0 Å². The van der Waals surface area contributed by atoms with Crippen LogP contribution < -0.4 is 10.1 Å². The highest BCUT2D eigenvalue weighted by molar-refractivity contribution is 9.10. The number of ether oxygens (including phenoxy) is 1. The van der Waals surface area contributed by atoms with Crippen LogP contribution in [0.3, 0.4) is 0 Å². The Morgan fingerprint density at radius 3 is 2.45 bits per heavy atom. The molecule has 5 nitrogen and oxygen atoms in total. The third-order valence-electron chi connectivity index (χ3n) is 4.86. The van der Waals surface area contributed by atoms with Gasteiger partial charge in [-0.05, 0) is 56.5 Å². The van der Waals surface area contributed by atoms with Crippen LogP contribution in [-0.2, 0) is 16.1 Å². The van der Waals surface area contributed by atoms with Crippen molar-refractivity contribution in [2.45, 2.75) is 52.7 Å². The minimum absolute atomic E-state index is 0.0561. The molecule has 0 aliphatic heterocycles. The maximum atomic E-state index is 13.0. The van der Waals surface area contributed by atoms with Crippen LogP contribution in [0, 0.1) is 6.92 Å². The highest BCUT2D eigenvalue weighted by atomic mass is 79.9. The van der Waals surface area contributed by atoms with Crippen LogP contribution in [0.4, 0.5) is 0 Å². The molecule has 0 saturated carbocycles. The summed E-state index contributed by atoms with van der Waals surface area (Å²) in [5.74, 6) is 0.222. The highest BCUT2D eigenvalue weighted by Crippen LogP contribution is 2.21. The summed E-state index contributed by atoms with van der Waals surface area (Å²) in [5.41, 5.74) is 1.99. The fourth-order valence-electron chi connectivity index (χ4n) is 2.76. The number of carbonyl (C=O) groups excluding carboxylic acids is 2. The highest BCUT2D eigenvalue weighted by Gasteiger charge is 2.27. The van der Waals surface area contributed by atoms with Gasteiger partial charge in [-0.25, -0.2) is 0 Å². The van der Waals surface area contributed by atoms with Crippen LogP contribution in [0.15, 0.2) is 53.0 Å². The maximum absolute atomic E-state index is 13.0. The molecule has 29 heavy (non-hydrogen) atoms. The number of benzene rings is 2. The van der Waals surface area contributed by atoms with Crippen LogP contribution in [0.5, 0.6) is 5.75 Å².